The van der Waals surface area contributed by atoms with Gasteiger partial charge in [-0.25, -0.2) is 8.42 Å². The Bertz CT molecular complexity index is 1260. The van der Waals surface area contributed by atoms with Gasteiger partial charge in [-0.15, -0.1) is 0 Å². The third-order valence-electron chi connectivity index (χ3n) is 5.79. The first-order chi connectivity index (χ1) is 15.0. The number of fused-ring (bicyclic) bond motifs is 1. The molecule has 2 heterocycles. The summed E-state index contributed by atoms with van der Waals surface area (Å²) in [4.78, 5) is -0.754. The maximum Gasteiger partial charge on any atom is 0.450 e. The number of benzene rings is 1. The Kier molecular flexibility index (Phi) is 5.70. The fraction of sp³-hybridized carbons (Fsp3) is 0.409. The Balaban J connectivity index is 1.51. The molecule has 1 N–H and O–H groups in total. The van der Waals surface area contributed by atoms with Crippen LogP contribution in [0.15, 0.2) is 40.0 Å². The summed E-state index contributed by atoms with van der Waals surface area (Å²) < 4.78 is 71.6. The molecule has 0 bridgehead atoms. The number of aryl methyl sites for hydroxylation is 2. The fourth-order valence-corrected chi connectivity index (χ4v) is 6.38. The van der Waals surface area contributed by atoms with E-state index in [1.54, 1.807) is 10.9 Å². The van der Waals surface area contributed by atoms with Gasteiger partial charge in [0.1, 0.15) is 4.90 Å². The minimum atomic E-state index is -4.87. The molecule has 1 aromatic carbocycles. The molecule has 32 heavy (non-hydrogen) atoms. The van der Waals surface area contributed by atoms with Gasteiger partial charge in [-0.3, -0.25) is 4.68 Å². The first kappa shape index (κ1) is 22.6. The van der Waals surface area contributed by atoms with Crippen molar-refractivity contribution in [3.63, 3.8) is 0 Å². The highest BCUT2D eigenvalue weighted by Crippen LogP contribution is 2.39. The largest absolute Gasteiger partial charge is 0.458 e. The number of aliphatic hydroxyl groups excluding tert-OH is 1. The van der Waals surface area contributed by atoms with Crippen molar-refractivity contribution < 1.29 is 31.1 Å². The molecule has 1 aliphatic carbocycles. The summed E-state index contributed by atoms with van der Waals surface area (Å²) >= 11 is 0. The van der Waals surface area contributed by atoms with E-state index in [0.717, 1.165) is 34.2 Å². The van der Waals surface area contributed by atoms with E-state index in [1.165, 1.54) is 6.92 Å². The fourth-order valence-electron chi connectivity index (χ4n) is 4.37. The Hall–Kier alpha value is -2.59. The van der Waals surface area contributed by atoms with Crippen LogP contribution >= 0.6 is 0 Å². The molecule has 0 saturated heterocycles. The average Bonchev–Trinajstić information content (AvgIpc) is 3.36. The molecule has 172 valence electrons. The van der Waals surface area contributed by atoms with Crippen molar-refractivity contribution in [3.8, 4) is 0 Å². The van der Waals surface area contributed by atoms with Crippen molar-refractivity contribution in [2.45, 2.75) is 50.9 Å². The minimum absolute atomic E-state index is 0.0353. The van der Waals surface area contributed by atoms with Crippen LogP contribution in [0.25, 0.3) is 0 Å². The summed E-state index contributed by atoms with van der Waals surface area (Å²) in [5.74, 6) is -2.14. The second-order valence-electron chi connectivity index (χ2n) is 8.33. The lowest BCUT2D eigenvalue weighted by molar-refractivity contribution is -0.155. The first-order valence-electron chi connectivity index (χ1n) is 10.1. The number of nitrogens with zero attached hydrogens (tertiary/aromatic N) is 2. The van der Waals surface area contributed by atoms with Crippen molar-refractivity contribution >= 4 is 9.84 Å². The molecule has 0 fully saturated rings. The Morgan fingerprint density at radius 3 is 2.59 bits per heavy atom. The maximum atomic E-state index is 13.2. The van der Waals surface area contributed by atoms with Crippen LogP contribution in [0.5, 0.6) is 0 Å². The summed E-state index contributed by atoms with van der Waals surface area (Å²) in [6, 6.07) is 5.86. The molecule has 4 rings (SSSR count). The summed E-state index contributed by atoms with van der Waals surface area (Å²) in [5.41, 5.74) is 4.45. The molecule has 6 nitrogen and oxygen atoms in total. The normalized spacial score (nSPS) is 16.5. The standard InChI is InChI=1S/C22H23F3N2O4S/c1-13-11-31-21(22(23,24)25)20(13)32(29,30)12-16-6-17-4-3-15(5-18(17)7-16)8-27-9-19(10-28)14(2)26-27/h3-5,9,11,16,28H,6-8,10,12H2,1-2H3/t16-/m0/s1. The molecule has 0 aliphatic heterocycles. The van der Waals surface area contributed by atoms with Gasteiger partial charge in [0.15, 0.2) is 9.84 Å². The number of hydrogen-bond donors (Lipinski definition) is 1. The van der Waals surface area contributed by atoms with Gasteiger partial charge in [0, 0.05) is 17.3 Å². The van der Waals surface area contributed by atoms with E-state index in [2.05, 4.69) is 9.52 Å². The van der Waals surface area contributed by atoms with Crippen LogP contribution in [0.2, 0.25) is 0 Å². The molecule has 0 saturated carbocycles. The van der Waals surface area contributed by atoms with Gasteiger partial charge in [-0.1, -0.05) is 18.2 Å². The quantitative estimate of drug-likeness (QED) is 0.594. The molecule has 0 unspecified atom stereocenters. The maximum absolute atomic E-state index is 13.2. The van der Waals surface area contributed by atoms with Crippen LogP contribution < -0.4 is 0 Å². The molecular formula is C22H23F3N2O4S. The van der Waals surface area contributed by atoms with E-state index in [-0.39, 0.29) is 23.8 Å². The average molecular weight is 468 g/mol. The second kappa shape index (κ2) is 8.08. The van der Waals surface area contributed by atoms with Crippen LogP contribution in [-0.4, -0.2) is 29.1 Å². The highest BCUT2D eigenvalue weighted by molar-refractivity contribution is 7.91. The predicted molar refractivity (Wildman–Crippen MR) is 110 cm³/mol. The lowest BCUT2D eigenvalue weighted by atomic mass is 10.1. The van der Waals surface area contributed by atoms with E-state index >= 15 is 0 Å². The predicted octanol–water partition coefficient (Wildman–Crippen LogP) is 3.84. The third-order valence-corrected chi connectivity index (χ3v) is 7.83. The first-order valence-corrected chi connectivity index (χ1v) is 11.8. The SMILES string of the molecule is Cc1coc(C(F)(F)F)c1S(=O)(=O)C[C@H]1Cc2ccc(Cn3cc(CO)c(C)n3)cc2C1. The highest BCUT2D eigenvalue weighted by atomic mass is 32.2. The number of rotatable bonds is 6. The van der Waals surface area contributed by atoms with Gasteiger partial charge in [-0.05, 0) is 49.3 Å². The van der Waals surface area contributed by atoms with Crippen molar-refractivity contribution in [2.24, 2.45) is 5.92 Å². The van der Waals surface area contributed by atoms with Crippen LogP contribution in [0, 0.1) is 19.8 Å². The van der Waals surface area contributed by atoms with Crippen LogP contribution in [0.3, 0.4) is 0 Å². The summed E-state index contributed by atoms with van der Waals surface area (Å²) in [5, 5.41) is 13.7. The Labute approximate surface area is 183 Å². The molecule has 0 amide bonds. The van der Waals surface area contributed by atoms with Crippen molar-refractivity contribution in [3.05, 3.63) is 69.9 Å². The van der Waals surface area contributed by atoms with Crippen LogP contribution in [0.4, 0.5) is 13.2 Å². The smallest absolute Gasteiger partial charge is 0.450 e. The van der Waals surface area contributed by atoms with E-state index < -0.39 is 26.7 Å². The molecule has 3 aromatic rings. The monoisotopic (exact) mass is 468 g/mol. The topological polar surface area (TPSA) is 85.3 Å². The van der Waals surface area contributed by atoms with Gasteiger partial charge < -0.3 is 9.52 Å². The summed E-state index contributed by atoms with van der Waals surface area (Å²) in [6.45, 7) is 3.54. The van der Waals surface area contributed by atoms with Gasteiger partial charge in [-0.2, -0.15) is 18.3 Å². The summed E-state index contributed by atoms with van der Waals surface area (Å²) in [6.07, 6.45) is -1.29. The molecule has 10 heteroatoms. The molecule has 0 radical (unpaired) electrons. The van der Waals surface area contributed by atoms with E-state index in [0.29, 0.717) is 19.4 Å². The van der Waals surface area contributed by atoms with Crippen LogP contribution in [-0.2, 0) is 42.0 Å². The highest BCUT2D eigenvalue weighted by Gasteiger charge is 2.43. The number of sulfone groups is 1. The van der Waals surface area contributed by atoms with E-state index in [9.17, 15) is 26.7 Å². The van der Waals surface area contributed by atoms with E-state index in [4.69, 9.17) is 0 Å². The van der Waals surface area contributed by atoms with Crippen LogP contribution in [0.1, 0.15) is 39.3 Å². The Morgan fingerprint density at radius 1 is 1.22 bits per heavy atom. The number of aliphatic hydroxyl groups is 1. The minimum Gasteiger partial charge on any atom is -0.458 e. The molecule has 1 aliphatic rings. The third kappa shape index (κ3) is 4.33. The number of alkyl halides is 3. The molecule has 2 aromatic heterocycles. The molecule has 0 spiro atoms. The number of furan rings is 1. The van der Waals surface area contributed by atoms with Gasteiger partial charge in [0.05, 0.1) is 30.9 Å². The van der Waals surface area contributed by atoms with Gasteiger partial charge in [0.25, 0.3) is 0 Å². The number of aromatic nitrogens is 2. The lowest BCUT2D eigenvalue weighted by Crippen LogP contribution is -2.20. The Morgan fingerprint density at radius 2 is 1.94 bits per heavy atom. The van der Waals surface area contributed by atoms with Gasteiger partial charge >= 0.3 is 6.18 Å². The zero-order valence-electron chi connectivity index (χ0n) is 17.6. The number of hydrogen-bond acceptors (Lipinski definition) is 5. The van der Waals surface area contributed by atoms with Crippen molar-refractivity contribution in [2.75, 3.05) is 5.75 Å². The zero-order valence-corrected chi connectivity index (χ0v) is 18.4. The lowest BCUT2D eigenvalue weighted by Gasteiger charge is -2.12. The molecule has 1 atom stereocenters. The summed E-state index contributed by atoms with van der Waals surface area (Å²) in [7, 11) is -4.18. The van der Waals surface area contributed by atoms with E-state index in [1.807, 2.05) is 25.1 Å². The van der Waals surface area contributed by atoms with Gasteiger partial charge in [0.2, 0.25) is 5.76 Å². The molecular weight excluding hydrogens is 445 g/mol. The zero-order chi connectivity index (χ0) is 23.3. The number of halogens is 3. The van der Waals surface area contributed by atoms with Crippen molar-refractivity contribution in [1.29, 1.82) is 0 Å². The second-order valence-corrected chi connectivity index (χ2v) is 10.3. The van der Waals surface area contributed by atoms with Crippen molar-refractivity contribution in [1.82, 2.24) is 9.78 Å².